The molecule has 1 heterocycles. The zero-order valence-corrected chi connectivity index (χ0v) is 12.8. The van der Waals surface area contributed by atoms with Gasteiger partial charge in [0.15, 0.2) is 0 Å². The Hall–Kier alpha value is -0.570. The highest BCUT2D eigenvalue weighted by molar-refractivity contribution is 5.76. The molecule has 0 radical (unpaired) electrons. The Morgan fingerprint density at radius 2 is 2.06 bits per heavy atom. The summed E-state index contributed by atoms with van der Waals surface area (Å²) >= 11 is 0. The standard InChI is InChI=1S/C15H30N2O/c1-12-6-7-14(18)17(9-8-12)11-13(2)10-16-15(3,4)5/h12-13,16H,6-11H2,1-5H3. The maximum absolute atomic E-state index is 12.0. The second-order valence-electron chi connectivity index (χ2n) is 7.01. The van der Waals surface area contributed by atoms with E-state index in [1.54, 1.807) is 0 Å². The van der Waals surface area contributed by atoms with Crippen molar-refractivity contribution in [1.82, 2.24) is 10.2 Å². The smallest absolute Gasteiger partial charge is 0.222 e. The summed E-state index contributed by atoms with van der Waals surface area (Å²) in [5, 5.41) is 3.51. The molecule has 0 aliphatic carbocycles. The fourth-order valence-electron chi connectivity index (χ4n) is 2.29. The molecule has 0 aromatic carbocycles. The van der Waals surface area contributed by atoms with E-state index in [-0.39, 0.29) is 5.54 Å². The van der Waals surface area contributed by atoms with E-state index in [1.165, 1.54) is 0 Å². The molecule has 0 bridgehead atoms. The summed E-state index contributed by atoms with van der Waals surface area (Å²) in [5.74, 6) is 1.56. The van der Waals surface area contributed by atoms with E-state index in [9.17, 15) is 4.79 Å². The summed E-state index contributed by atoms with van der Waals surface area (Å²) in [6.07, 6.45) is 2.95. The lowest BCUT2D eigenvalue weighted by Crippen LogP contribution is -2.42. The van der Waals surface area contributed by atoms with Crippen molar-refractivity contribution < 1.29 is 4.79 Å². The van der Waals surface area contributed by atoms with Gasteiger partial charge in [-0.2, -0.15) is 0 Å². The van der Waals surface area contributed by atoms with Crippen LogP contribution in [-0.4, -0.2) is 36.0 Å². The van der Waals surface area contributed by atoms with Crippen molar-refractivity contribution in [3.05, 3.63) is 0 Å². The zero-order chi connectivity index (χ0) is 13.8. The van der Waals surface area contributed by atoms with Crippen LogP contribution in [0.2, 0.25) is 0 Å². The number of nitrogens with zero attached hydrogens (tertiary/aromatic N) is 1. The maximum Gasteiger partial charge on any atom is 0.222 e. The fraction of sp³-hybridized carbons (Fsp3) is 0.933. The van der Waals surface area contributed by atoms with Gasteiger partial charge in [0.25, 0.3) is 0 Å². The molecule has 0 saturated carbocycles. The van der Waals surface area contributed by atoms with Crippen LogP contribution in [0, 0.1) is 11.8 Å². The summed E-state index contributed by atoms with van der Waals surface area (Å²) in [4.78, 5) is 14.1. The first kappa shape index (κ1) is 15.5. The largest absolute Gasteiger partial charge is 0.342 e. The average Bonchev–Trinajstić information content (AvgIpc) is 2.41. The first-order chi connectivity index (χ1) is 8.28. The minimum absolute atomic E-state index is 0.158. The molecule has 0 spiro atoms. The van der Waals surface area contributed by atoms with Crippen LogP contribution in [0.4, 0.5) is 0 Å². The Kier molecular flexibility index (Phi) is 5.64. The Bertz CT molecular complexity index is 270. The van der Waals surface area contributed by atoms with Crippen LogP contribution in [-0.2, 0) is 4.79 Å². The van der Waals surface area contributed by atoms with Gasteiger partial charge in [0.1, 0.15) is 0 Å². The minimum atomic E-state index is 0.158. The van der Waals surface area contributed by atoms with Gasteiger partial charge in [-0.05, 0) is 52.0 Å². The van der Waals surface area contributed by atoms with Crippen LogP contribution in [0.3, 0.4) is 0 Å². The van der Waals surface area contributed by atoms with Crippen LogP contribution in [0.1, 0.15) is 53.9 Å². The first-order valence-electron chi connectivity index (χ1n) is 7.30. The molecule has 1 aliphatic rings. The molecule has 2 unspecified atom stereocenters. The Morgan fingerprint density at radius 1 is 1.39 bits per heavy atom. The van der Waals surface area contributed by atoms with E-state index in [2.05, 4.69) is 44.8 Å². The third kappa shape index (κ3) is 5.85. The van der Waals surface area contributed by atoms with Gasteiger partial charge in [-0.1, -0.05) is 13.8 Å². The van der Waals surface area contributed by atoms with Gasteiger partial charge in [0, 0.05) is 25.0 Å². The van der Waals surface area contributed by atoms with E-state index >= 15 is 0 Å². The van der Waals surface area contributed by atoms with Gasteiger partial charge < -0.3 is 10.2 Å². The van der Waals surface area contributed by atoms with Gasteiger partial charge in [-0.3, -0.25) is 4.79 Å². The molecule has 2 atom stereocenters. The fourth-order valence-corrected chi connectivity index (χ4v) is 2.29. The molecule has 3 heteroatoms. The Labute approximate surface area is 112 Å². The molecule has 1 fully saturated rings. The van der Waals surface area contributed by atoms with Crippen LogP contribution >= 0.6 is 0 Å². The Balaban J connectivity index is 2.38. The summed E-state index contributed by atoms with van der Waals surface area (Å²) < 4.78 is 0. The molecule has 0 aromatic rings. The summed E-state index contributed by atoms with van der Waals surface area (Å²) in [6.45, 7) is 13.8. The lowest BCUT2D eigenvalue weighted by atomic mass is 10.0. The summed E-state index contributed by atoms with van der Waals surface area (Å²) in [5.41, 5.74) is 0.158. The second-order valence-corrected chi connectivity index (χ2v) is 7.01. The van der Waals surface area contributed by atoms with Crippen LogP contribution in [0.5, 0.6) is 0 Å². The zero-order valence-electron chi connectivity index (χ0n) is 12.8. The van der Waals surface area contributed by atoms with Crippen LogP contribution in [0.25, 0.3) is 0 Å². The number of hydrogen-bond acceptors (Lipinski definition) is 2. The number of amides is 1. The molecule has 3 nitrogen and oxygen atoms in total. The van der Waals surface area contributed by atoms with Gasteiger partial charge >= 0.3 is 0 Å². The molecule has 0 aromatic heterocycles. The van der Waals surface area contributed by atoms with Gasteiger partial charge in [0.2, 0.25) is 5.91 Å². The highest BCUT2D eigenvalue weighted by Crippen LogP contribution is 2.18. The number of hydrogen-bond donors (Lipinski definition) is 1. The van der Waals surface area contributed by atoms with Gasteiger partial charge in [-0.25, -0.2) is 0 Å². The summed E-state index contributed by atoms with van der Waals surface area (Å²) in [6, 6.07) is 0. The topological polar surface area (TPSA) is 32.3 Å². The van der Waals surface area contributed by atoms with Crippen LogP contribution < -0.4 is 5.32 Å². The highest BCUT2D eigenvalue weighted by atomic mass is 16.2. The van der Waals surface area contributed by atoms with E-state index in [1.807, 2.05) is 0 Å². The maximum atomic E-state index is 12.0. The third-order valence-corrected chi connectivity index (χ3v) is 3.61. The predicted octanol–water partition coefficient (Wildman–Crippen LogP) is 2.66. The monoisotopic (exact) mass is 254 g/mol. The van der Waals surface area contributed by atoms with Gasteiger partial charge in [-0.15, -0.1) is 0 Å². The molecular formula is C15H30N2O. The normalized spacial score (nSPS) is 23.9. The predicted molar refractivity (Wildman–Crippen MR) is 76.5 cm³/mol. The molecule has 18 heavy (non-hydrogen) atoms. The number of likely N-dealkylation sites (tertiary alicyclic amines) is 1. The summed E-state index contributed by atoms with van der Waals surface area (Å²) in [7, 11) is 0. The van der Waals surface area contributed by atoms with Crippen LogP contribution in [0.15, 0.2) is 0 Å². The van der Waals surface area contributed by atoms with E-state index in [4.69, 9.17) is 0 Å². The highest BCUT2D eigenvalue weighted by Gasteiger charge is 2.22. The number of carbonyl (C=O) groups is 1. The minimum Gasteiger partial charge on any atom is -0.342 e. The van der Waals surface area contributed by atoms with Crippen molar-refractivity contribution in [3.63, 3.8) is 0 Å². The molecule has 106 valence electrons. The molecule has 1 aliphatic heterocycles. The number of carbonyl (C=O) groups excluding carboxylic acids is 1. The SMILES string of the molecule is CC1CCC(=O)N(CC(C)CNC(C)(C)C)CC1. The number of nitrogens with one attached hydrogen (secondary N) is 1. The molecule has 1 saturated heterocycles. The van der Waals surface area contributed by atoms with Crippen molar-refractivity contribution >= 4 is 5.91 Å². The van der Waals surface area contributed by atoms with E-state index in [0.29, 0.717) is 17.7 Å². The van der Waals surface area contributed by atoms with E-state index in [0.717, 1.165) is 38.9 Å². The third-order valence-electron chi connectivity index (χ3n) is 3.61. The first-order valence-corrected chi connectivity index (χ1v) is 7.30. The lowest BCUT2D eigenvalue weighted by Gasteiger charge is -2.28. The molecule has 1 N–H and O–H groups in total. The second kappa shape index (κ2) is 6.55. The lowest BCUT2D eigenvalue weighted by molar-refractivity contribution is -0.131. The quantitative estimate of drug-likeness (QED) is 0.836. The number of rotatable bonds is 4. The molecule has 1 amide bonds. The van der Waals surface area contributed by atoms with Crippen molar-refractivity contribution in [2.45, 2.75) is 59.4 Å². The van der Waals surface area contributed by atoms with Crippen molar-refractivity contribution in [1.29, 1.82) is 0 Å². The van der Waals surface area contributed by atoms with Crippen molar-refractivity contribution in [2.75, 3.05) is 19.6 Å². The Morgan fingerprint density at radius 3 is 2.67 bits per heavy atom. The van der Waals surface area contributed by atoms with Crippen molar-refractivity contribution in [3.8, 4) is 0 Å². The molecular weight excluding hydrogens is 224 g/mol. The van der Waals surface area contributed by atoms with E-state index < -0.39 is 0 Å². The van der Waals surface area contributed by atoms with Gasteiger partial charge in [0.05, 0.1) is 0 Å². The average molecular weight is 254 g/mol. The molecule has 1 rings (SSSR count). The van der Waals surface area contributed by atoms with Crippen molar-refractivity contribution in [2.24, 2.45) is 11.8 Å².